The number of aromatic amines is 1. The summed E-state index contributed by atoms with van der Waals surface area (Å²) in [7, 11) is 1.58. The molecule has 1 amide bonds. The molecule has 0 atom stereocenters. The monoisotopic (exact) mass is 359 g/mol. The number of carbonyl (C=O) groups excluding carboxylic acids is 1. The Morgan fingerprint density at radius 3 is 2.96 bits per heavy atom. The smallest absolute Gasteiger partial charge is 0.328 e. The number of thiophene rings is 1. The lowest BCUT2D eigenvalue weighted by Crippen LogP contribution is -2.36. The van der Waals surface area contributed by atoms with Crippen LogP contribution < -0.4 is 21.3 Å². The topological polar surface area (TPSA) is 93.2 Å². The number of carbonyl (C=O) groups is 1. The van der Waals surface area contributed by atoms with Gasteiger partial charge in [-0.25, -0.2) is 4.79 Å². The normalized spacial score (nSPS) is 10.8. The molecule has 2 aromatic heterocycles. The number of H-pyrrole nitrogens is 1. The van der Waals surface area contributed by atoms with Crippen LogP contribution in [0.15, 0.2) is 45.3 Å². The molecule has 0 saturated heterocycles. The van der Waals surface area contributed by atoms with Crippen LogP contribution in [0, 0.1) is 0 Å². The second-order valence-corrected chi connectivity index (χ2v) is 6.34. The quantitative estimate of drug-likeness (QED) is 0.697. The summed E-state index contributed by atoms with van der Waals surface area (Å²) < 4.78 is 6.68. The van der Waals surface area contributed by atoms with E-state index in [0.29, 0.717) is 22.5 Å². The summed E-state index contributed by atoms with van der Waals surface area (Å²) in [5.41, 5.74) is 0.562. The average Bonchev–Trinajstić information content (AvgIpc) is 3.08. The lowest BCUT2D eigenvalue weighted by atomic mass is 10.2. The van der Waals surface area contributed by atoms with Crippen molar-refractivity contribution in [2.45, 2.75) is 19.5 Å². The maximum Gasteiger partial charge on any atom is 0.328 e. The Kier molecular flexibility index (Phi) is 4.99. The van der Waals surface area contributed by atoms with Crippen molar-refractivity contribution >= 4 is 27.5 Å². The Labute approximate surface area is 146 Å². The Hall–Kier alpha value is -2.87. The molecule has 0 aliphatic heterocycles. The molecule has 3 aromatic rings. The fourth-order valence-electron chi connectivity index (χ4n) is 2.46. The van der Waals surface area contributed by atoms with Gasteiger partial charge in [0.2, 0.25) is 5.91 Å². The summed E-state index contributed by atoms with van der Waals surface area (Å²) in [4.78, 5) is 38.9. The van der Waals surface area contributed by atoms with Crippen LogP contribution in [0.3, 0.4) is 0 Å². The lowest BCUT2D eigenvalue weighted by Gasteiger charge is -2.08. The molecule has 0 saturated carbocycles. The fraction of sp³-hybridized carbons (Fsp3) is 0.235. The molecule has 25 heavy (non-hydrogen) atoms. The molecular formula is C17H17N3O4S. The Balaban J connectivity index is 1.62. The number of nitrogens with zero attached hydrogens (tertiary/aromatic N) is 1. The van der Waals surface area contributed by atoms with Gasteiger partial charge in [0.25, 0.3) is 5.56 Å². The molecule has 0 bridgehead atoms. The highest BCUT2D eigenvalue weighted by molar-refractivity contribution is 7.17. The van der Waals surface area contributed by atoms with Gasteiger partial charge in [-0.1, -0.05) is 12.1 Å². The van der Waals surface area contributed by atoms with E-state index in [-0.39, 0.29) is 24.4 Å². The van der Waals surface area contributed by atoms with Crippen molar-refractivity contribution in [2.75, 3.05) is 7.11 Å². The number of fused-ring (bicyclic) bond motifs is 1. The summed E-state index contributed by atoms with van der Waals surface area (Å²) in [5.74, 6) is 0.481. The number of methoxy groups -OCH3 is 1. The molecule has 0 aliphatic carbocycles. The molecule has 1 aromatic carbocycles. The summed E-state index contributed by atoms with van der Waals surface area (Å²) in [5, 5.41) is 4.52. The standard InChI is InChI=1S/C17H17N3O4S/c1-24-12-4-2-3-11(9-12)10-18-14(21)5-7-20-16(22)15-13(6-8-25-15)19-17(20)23/h2-4,6,8-9H,5,7,10H2,1H3,(H,18,21)(H,19,23). The van der Waals surface area contributed by atoms with E-state index in [1.807, 2.05) is 24.3 Å². The molecule has 8 heteroatoms. The summed E-state index contributed by atoms with van der Waals surface area (Å²) in [6.07, 6.45) is 0.0455. The third-order valence-electron chi connectivity index (χ3n) is 3.78. The predicted octanol–water partition coefficient (Wildman–Crippen LogP) is 1.47. The van der Waals surface area contributed by atoms with Gasteiger partial charge >= 0.3 is 5.69 Å². The first kappa shape index (κ1) is 17.0. The van der Waals surface area contributed by atoms with Crippen molar-refractivity contribution in [3.05, 3.63) is 62.1 Å². The van der Waals surface area contributed by atoms with Crippen molar-refractivity contribution in [3.8, 4) is 5.75 Å². The summed E-state index contributed by atoms with van der Waals surface area (Å²) in [6.45, 7) is 0.386. The van der Waals surface area contributed by atoms with Crippen molar-refractivity contribution in [2.24, 2.45) is 0 Å². The fourth-order valence-corrected chi connectivity index (χ4v) is 3.26. The van der Waals surface area contributed by atoms with Crippen molar-refractivity contribution in [1.82, 2.24) is 14.9 Å². The van der Waals surface area contributed by atoms with Crippen LogP contribution in [0.25, 0.3) is 10.2 Å². The minimum Gasteiger partial charge on any atom is -0.497 e. The zero-order valence-corrected chi connectivity index (χ0v) is 14.4. The van der Waals surface area contributed by atoms with E-state index in [4.69, 9.17) is 4.74 Å². The molecule has 2 N–H and O–H groups in total. The molecule has 0 radical (unpaired) electrons. The van der Waals surface area contributed by atoms with Crippen LogP contribution in [0.5, 0.6) is 5.75 Å². The van der Waals surface area contributed by atoms with Crippen molar-refractivity contribution in [3.63, 3.8) is 0 Å². The van der Waals surface area contributed by atoms with E-state index in [1.54, 1.807) is 18.6 Å². The van der Waals surface area contributed by atoms with Crippen molar-refractivity contribution < 1.29 is 9.53 Å². The number of hydrogen-bond donors (Lipinski definition) is 2. The van der Waals surface area contributed by atoms with Gasteiger partial charge in [0, 0.05) is 19.5 Å². The third kappa shape index (κ3) is 3.80. The zero-order chi connectivity index (χ0) is 17.8. The molecular weight excluding hydrogens is 342 g/mol. The molecule has 0 spiro atoms. The lowest BCUT2D eigenvalue weighted by molar-refractivity contribution is -0.121. The maximum atomic E-state index is 12.3. The number of nitrogens with one attached hydrogen (secondary N) is 2. The largest absolute Gasteiger partial charge is 0.497 e. The molecule has 130 valence electrons. The van der Waals surface area contributed by atoms with Crippen LogP contribution in [0.1, 0.15) is 12.0 Å². The van der Waals surface area contributed by atoms with Gasteiger partial charge in [0.15, 0.2) is 0 Å². The van der Waals surface area contributed by atoms with Gasteiger partial charge in [-0.3, -0.25) is 14.2 Å². The number of ether oxygens (including phenoxy) is 1. The maximum absolute atomic E-state index is 12.3. The minimum absolute atomic E-state index is 0.0337. The summed E-state index contributed by atoms with van der Waals surface area (Å²) >= 11 is 1.27. The number of amides is 1. The van der Waals surface area contributed by atoms with Gasteiger partial charge < -0.3 is 15.0 Å². The number of hydrogen-bond acceptors (Lipinski definition) is 5. The van der Waals surface area contributed by atoms with E-state index < -0.39 is 5.69 Å². The highest BCUT2D eigenvalue weighted by Gasteiger charge is 2.10. The van der Waals surface area contributed by atoms with E-state index in [9.17, 15) is 14.4 Å². The Morgan fingerprint density at radius 2 is 2.16 bits per heavy atom. The molecule has 7 nitrogen and oxygen atoms in total. The van der Waals surface area contributed by atoms with E-state index in [2.05, 4.69) is 10.3 Å². The molecule has 3 rings (SSSR count). The second kappa shape index (κ2) is 7.35. The summed E-state index contributed by atoms with van der Waals surface area (Å²) in [6, 6.07) is 9.07. The predicted molar refractivity (Wildman–Crippen MR) is 96.2 cm³/mol. The first-order valence-corrected chi connectivity index (χ1v) is 8.56. The number of aromatic nitrogens is 2. The van der Waals surface area contributed by atoms with Crippen molar-refractivity contribution in [1.29, 1.82) is 0 Å². The third-order valence-corrected chi connectivity index (χ3v) is 4.68. The Morgan fingerprint density at radius 1 is 1.32 bits per heavy atom. The number of rotatable bonds is 6. The second-order valence-electron chi connectivity index (χ2n) is 5.43. The minimum atomic E-state index is -0.503. The van der Waals surface area contributed by atoms with Crippen LogP contribution in [-0.2, 0) is 17.9 Å². The average molecular weight is 359 g/mol. The Bertz CT molecular complexity index is 1020. The van der Waals surface area contributed by atoms with Crippen LogP contribution in [0.4, 0.5) is 0 Å². The highest BCUT2D eigenvalue weighted by atomic mass is 32.1. The van der Waals surface area contributed by atoms with Crippen LogP contribution >= 0.6 is 11.3 Å². The van der Waals surface area contributed by atoms with Gasteiger partial charge in [0.1, 0.15) is 10.4 Å². The molecule has 0 fully saturated rings. The van der Waals surface area contributed by atoms with E-state index in [1.165, 1.54) is 11.3 Å². The van der Waals surface area contributed by atoms with Gasteiger partial charge in [-0.2, -0.15) is 0 Å². The van der Waals surface area contributed by atoms with Crippen LogP contribution in [0.2, 0.25) is 0 Å². The van der Waals surface area contributed by atoms with Gasteiger partial charge in [0.05, 0.1) is 12.6 Å². The SMILES string of the molecule is COc1cccc(CNC(=O)CCn2c(=O)[nH]c3ccsc3c2=O)c1. The van der Waals surface area contributed by atoms with E-state index >= 15 is 0 Å². The molecule has 2 heterocycles. The first-order chi connectivity index (χ1) is 12.1. The van der Waals surface area contributed by atoms with Gasteiger partial charge in [-0.15, -0.1) is 11.3 Å². The zero-order valence-electron chi connectivity index (χ0n) is 13.6. The van der Waals surface area contributed by atoms with Crippen LogP contribution in [-0.4, -0.2) is 22.6 Å². The van der Waals surface area contributed by atoms with E-state index in [0.717, 1.165) is 10.1 Å². The highest BCUT2D eigenvalue weighted by Crippen LogP contribution is 2.13. The molecule has 0 aliphatic rings. The van der Waals surface area contributed by atoms with Gasteiger partial charge in [-0.05, 0) is 29.1 Å². The first-order valence-electron chi connectivity index (χ1n) is 7.68. The number of benzene rings is 1. The molecule has 0 unspecified atom stereocenters.